The molecule has 0 spiro atoms. The van der Waals surface area contributed by atoms with Crippen LogP contribution in [0.1, 0.15) is 6.92 Å². The van der Waals surface area contributed by atoms with Crippen LogP contribution in [0.4, 0.5) is 0 Å². The number of carbonyl (C=O) groups is 1. The molecule has 0 rings (SSSR count). The minimum absolute atomic E-state index is 0.0648. The Hall–Kier alpha value is -0.790. The van der Waals surface area contributed by atoms with E-state index in [1.165, 1.54) is 6.92 Å². The molecule has 0 aliphatic rings. The van der Waals surface area contributed by atoms with E-state index in [0.29, 0.717) is 0 Å². The number of rotatable bonds is 1. The molecule has 0 bridgehead atoms. The summed E-state index contributed by atoms with van der Waals surface area (Å²) in [4.78, 5) is 9.49. The van der Waals surface area contributed by atoms with Crippen molar-refractivity contribution in [3.8, 4) is 0 Å². The molecule has 0 saturated heterocycles. The van der Waals surface area contributed by atoms with E-state index >= 15 is 0 Å². The van der Waals surface area contributed by atoms with Crippen molar-refractivity contribution in [3.63, 3.8) is 0 Å². The Morgan fingerprint density at radius 2 is 2.00 bits per heavy atom. The second-order valence-corrected chi connectivity index (χ2v) is 1.07. The molecular formula is C4H5O2. The lowest BCUT2D eigenvalue weighted by atomic mass is 0.909. The molecule has 0 aliphatic heterocycles. The Morgan fingerprint density at radius 3 is 2.00 bits per heavy atom. The summed E-state index contributed by atoms with van der Waals surface area (Å²) in [5, 5.41) is 9.49. The summed E-state index contributed by atoms with van der Waals surface area (Å²) in [5.41, 5.74) is 0.0648. The highest BCUT2D eigenvalue weighted by Crippen LogP contribution is 1.82. The summed E-state index contributed by atoms with van der Waals surface area (Å²) < 4.78 is 0. The van der Waals surface area contributed by atoms with Crippen LogP contribution in [0.2, 0.25) is 0 Å². The fourth-order valence-electron chi connectivity index (χ4n) is 0. The molecule has 0 aromatic carbocycles. The summed E-state index contributed by atoms with van der Waals surface area (Å²) in [5.74, 6) is -1.19. The minimum atomic E-state index is -1.19. The van der Waals surface area contributed by atoms with Crippen molar-refractivity contribution in [3.05, 3.63) is 12.2 Å². The molecule has 0 N–H and O–H groups in total. The third-order valence-corrected chi connectivity index (χ3v) is 0.348. The van der Waals surface area contributed by atoms with Crippen molar-refractivity contribution in [1.82, 2.24) is 0 Å². The minimum Gasteiger partial charge on any atom is -0.242 e. The average Bonchev–Trinajstić information content (AvgIpc) is 1.36. The zero-order chi connectivity index (χ0) is 5.15. The summed E-state index contributed by atoms with van der Waals surface area (Å²) >= 11 is 0. The Bertz CT molecular complexity index is 71.5. The maximum Gasteiger partial charge on any atom is 0.381 e. The standard InChI is InChI=1S/C4H5O2/c1-3(2)4(5)6/h1H2,2H3/i5-15. The van der Waals surface area contributed by atoms with E-state index in [1.807, 2.05) is 0 Å². The van der Waals surface area contributed by atoms with Gasteiger partial charge in [-0.25, -0.2) is 9.90 Å². The molecule has 2 heteroatoms. The van der Waals surface area contributed by atoms with Gasteiger partial charge in [-0.15, -0.1) is 0 Å². The largest absolute Gasteiger partial charge is 0.381 e. The topological polar surface area (TPSA) is 37.0 Å². The normalized spacial score (nSPS) is 7.50. The zero-order valence-corrected chi connectivity index (χ0v) is 3.52. The lowest BCUT2D eigenvalue weighted by molar-refractivity contribution is -0.138. The van der Waals surface area contributed by atoms with Crippen LogP contribution in [0, 0.1) is 0 Å². The Balaban J connectivity index is 3.57. The van der Waals surface area contributed by atoms with Gasteiger partial charge in [0.15, 0.2) is 0 Å². The maximum atomic E-state index is 9.49. The molecule has 0 fully saturated rings. The van der Waals surface area contributed by atoms with Gasteiger partial charge in [-0.3, -0.25) is 0 Å². The molecule has 0 aliphatic carbocycles. The van der Waals surface area contributed by atoms with Gasteiger partial charge < -0.3 is 0 Å². The predicted octanol–water partition coefficient (Wildman–Crippen LogP) is 0.520. The Morgan fingerprint density at radius 1 is 1.83 bits per heavy atom. The zero-order valence-electron chi connectivity index (χ0n) is 3.52. The fourth-order valence-corrected chi connectivity index (χ4v) is 0. The Labute approximate surface area is 36.1 Å². The van der Waals surface area contributed by atoms with E-state index in [2.05, 4.69) is 6.58 Å². The molecular weight excluding hydrogens is 65.0 g/mol. The molecule has 0 saturated carbocycles. The van der Waals surface area contributed by atoms with E-state index in [4.69, 9.17) is 0 Å². The maximum absolute atomic E-state index is 9.49. The van der Waals surface area contributed by atoms with Crippen molar-refractivity contribution < 1.29 is 9.90 Å². The highest BCUT2D eigenvalue weighted by molar-refractivity contribution is 5.84. The van der Waals surface area contributed by atoms with E-state index in [0.717, 1.165) is 0 Å². The summed E-state index contributed by atoms with van der Waals surface area (Å²) in [6.45, 7) is 4.48. The van der Waals surface area contributed by atoms with Gasteiger partial charge in [-0.1, -0.05) is 6.58 Å². The molecule has 6 heavy (non-hydrogen) atoms. The third-order valence-electron chi connectivity index (χ3n) is 0.348. The molecule has 0 heterocycles. The summed E-state index contributed by atoms with van der Waals surface area (Å²) in [6.07, 6.45) is 0. The first-order chi connectivity index (χ1) is 2.64. The second kappa shape index (κ2) is 1.60. The first kappa shape index (κ1) is 5.21. The Kier molecular flexibility index (Phi) is 1.39. The lowest BCUT2D eigenvalue weighted by Gasteiger charge is -1.74. The smallest absolute Gasteiger partial charge is 0.242 e. The first-order valence-corrected chi connectivity index (χ1v) is 1.51. The average molecular weight is 70.1 g/mol. The molecule has 33 valence electrons. The van der Waals surface area contributed by atoms with Gasteiger partial charge in [-0.2, -0.15) is 0 Å². The van der Waals surface area contributed by atoms with Gasteiger partial charge in [0.2, 0.25) is 0 Å². The van der Waals surface area contributed by atoms with Crippen LogP contribution in [-0.2, 0) is 9.90 Å². The van der Waals surface area contributed by atoms with Crippen LogP contribution >= 0.6 is 0 Å². The van der Waals surface area contributed by atoms with Gasteiger partial charge in [0.1, 0.15) is 0 Å². The van der Waals surface area contributed by atoms with Gasteiger partial charge in [0, 0.05) is 5.57 Å². The molecule has 1 radical (unpaired) electrons. The van der Waals surface area contributed by atoms with E-state index in [1.54, 1.807) is 0 Å². The van der Waals surface area contributed by atoms with Crippen molar-refractivity contribution in [2.24, 2.45) is 0 Å². The third kappa shape index (κ3) is 1.52. The SMILES string of the molecule is C=C(C)C(=O)[1O]. The second-order valence-electron chi connectivity index (χ2n) is 1.07. The summed E-state index contributed by atoms with van der Waals surface area (Å²) in [7, 11) is 0. The monoisotopic (exact) mass is 70.0 g/mol. The van der Waals surface area contributed by atoms with Crippen LogP contribution in [0.25, 0.3) is 0 Å². The van der Waals surface area contributed by atoms with E-state index < -0.39 is 5.97 Å². The molecule has 0 amide bonds. The number of carbonyl (C=O) groups excluding carboxylic acids is 1. The molecule has 2 nitrogen and oxygen atoms in total. The quantitative estimate of drug-likeness (QED) is 0.414. The van der Waals surface area contributed by atoms with E-state index in [9.17, 15) is 9.90 Å². The number of hydrogen-bond donors (Lipinski definition) is 0. The van der Waals surface area contributed by atoms with Crippen molar-refractivity contribution in [2.45, 2.75) is 6.92 Å². The molecule has 0 atom stereocenters. The van der Waals surface area contributed by atoms with Crippen LogP contribution in [0.15, 0.2) is 12.2 Å². The van der Waals surface area contributed by atoms with Gasteiger partial charge >= 0.3 is 5.97 Å². The number of hydrogen-bond acceptors (Lipinski definition) is 1. The molecule has 0 unspecified atom stereocenters. The molecule has 0 aromatic heterocycles. The molecule has 0 aromatic rings. The van der Waals surface area contributed by atoms with E-state index in [-0.39, 0.29) is 5.57 Å². The van der Waals surface area contributed by atoms with Crippen LogP contribution < -0.4 is 0 Å². The predicted molar refractivity (Wildman–Crippen MR) is 20.5 cm³/mol. The van der Waals surface area contributed by atoms with Gasteiger partial charge in [0.25, 0.3) is 0 Å². The first-order valence-electron chi connectivity index (χ1n) is 1.51. The summed E-state index contributed by atoms with van der Waals surface area (Å²) in [6, 6.07) is 0. The fraction of sp³-hybridized carbons (Fsp3) is 0.250. The lowest BCUT2D eigenvalue weighted by Crippen LogP contribution is -1.89. The van der Waals surface area contributed by atoms with Crippen molar-refractivity contribution in [1.29, 1.82) is 0 Å². The van der Waals surface area contributed by atoms with Gasteiger partial charge in [-0.05, 0) is 6.92 Å². The van der Waals surface area contributed by atoms with Crippen molar-refractivity contribution >= 4 is 5.97 Å². The highest BCUT2D eigenvalue weighted by atomic mass is 16.1. The van der Waals surface area contributed by atoms with Crippen molar-refractivity contribution in [2.75, 3.05) is 0 Å². The van der Waals surface area contributed by atoms with Crippen LogP contribution in [0.3, 0.4) is 0 Å². The highest BCUT2D eigenvalue weighted by Gasteiger charge is 1.94. The van der Waals surface area contributed by atoms with Crippen LogP contribution in [-0.4, -0.2) is 5.97 Å². The van der Waals surface area contributed by atoms with Crippen LogP contribution in [0.5, 0.6) is 0 Å². The van der Waals surface area contributed by atoms with Gasteiger partial charge in [0.05, 0.1) is 0 Å².